The smallest absolute Gasteiger partial charge is 0.268 e. The van der Waals surface area contributed by atoms with Crippen molar-refractivity contribution in [2.24, 2.45) is 0 Å². The molecule has 0 saturated heterocycles. The Bertz CT molecular complexity index is 718. The first-order valence-electron chi connectivity index (χ1n) is 6.78. The summed E-state index contributed by atoms with van der Waals surface area (Å²) >= 11 is 0. The molecule has 1 aromatic carbocycles. The average molecular weight is 308 g/mol. The lowest BCUT2D eigenvalue weighted by atomic mass is 10.2. The van der Waals surface area contributed by atoms with Crippen molar-refractivity contribution in [3.05, 3.63) is 35.7 Å². The van der Waals surface area contributed by atoms with Crippen molar-refractivity contribution in [2.45, 2.75) is 32.1 Å². The van der Waals surface area contributed by atoms with Crippen LogP contribution >= 0.6 is 0 Å². The molecule has 1 heterocycles. The van der Waals surface area contributed by atoms with Crippen molar-refractivity contribution in [3.63, 3.8) is 0 Å². The molecule has 3 N–H and O–H groups in total. The number of nitrogens with two attached hydrogens (primary N) is 1. The molecule has 0 saturated carbocycles. The molecule has 0 amide bonds. The molecular weight excluding hydrogens is 288 g/mol. The van der Waals surface area contributed by atoms with E-state index >= 15 is 0 Å². The van der Waals surface area contributed by atoms with Gasteiger partial charge in [-0.1, -0.05) is 19.1 Å². The van der Waals surface area contributed by atoms with Crippen LogP contribution in [0.5, 0.6) is 0 Å². The zero-order valence-corrected chi connectivity index (χ0v) is 13.2. The first-order chi connectivity index (χ1) is 9.89. The van der Waals surface area contributed by atoms with Gasteiger partial charge in [-0.3, -0.25) is 9.40 Å². The quantitative estimate of drug-likeness (QED) is 0.828. The van der Waals surface area contributed by atoms with E-state index in [-0.39, 0.29) is 4.90 Å². The Balaban J connectivity index is 2.60. The van der Waals surface area contributed by atoms with E-state index in [4.69, 9.17) is 5.73 Å². The SMILES string of the molecule is CCCN(c1ccccc1N)S(=O)(=O)c1c(C)n[nH]c1C. The Hall–Kier alpha value is -2.02. The number of hydrogen-bond donors (Lipinski definition) is 2. The molecule has 7 heteroatoms. The minimum atomic E-state index is -3.70. The summed E-state index contributed by atoms with van der Waals surface area (Å²) in [6, 6.07) is 6.97. The van der Waals surface area contributed by atoms with Crippen LogP contribution in [0.2, 0.25) is 0 Å². The topological polar surface area (TPSA) is 92.1 Å². The normalized spacial score (nSPS) is 11.6. The first-order valence-corrected chi connectivity index (χ1v) is 8.22. The summed E-state index contributed by atoms with van der Waals surface area (Å²) in [7, 11) is -3.70. The molecule has 6 nitrogen and oxygen atoms in total. The molecule has 0 aliphatic carbocycles. The van der Waals surface area contributed by atoms with Gasteiger partial charge in [0, 0.05) is 6.54 Å². The predicted molar refractivity (Wildman–Crippen MR) is 83.7 cm³/mol. The molecule has 0 bridgehead atoms. The van der Waals surface area contributed by atoms with Gasteiger partial charge < -0.3 is 5.73 Å². The second kappa shape index (κ2) is 5.77. The molecule has 0 aliphatic heterocycles. The highest BCUT2D eigenvalue weighted by Crippen LogP contribution is 2.30. The molecule has 2 rings (SSSR count). The number of nitrogens with one attached hydrogen (secondary N) is 1. The van der Waals surface area contributed by atoms with E-state index in [0.717, 1.165) is 0 Å². The summed E-state index contributed by atoms with van der Waals surface area (Å²) in [5, 5.41) is 6.70. The Labute approximate surface area is 125 Å². The van der Waals surface area contributed by atoms with Crippen molar-refractivity contribution < 1.29 is 8.42 Å². The summed E-state index contributed by atoms with van der Waals surface area (Å²) in [4.78, 5) is 0.221. The average Bonchev–Trinajstić information content (AvgIpc) is 2.77. The highest BCUT2D eigenvalue weighted by molar-refractivity contribution is 7.93. The lowest BCUT2D eigenvalue weighted by Crippen LogP contribution is -2.33. The summed E-state index contributed by atoms with van der Waals surface area (Å²) in [6.45, 7) is 5.66. The minimum absolute atomic E-state index is 0.221. The fourth-order valence-electron chi connectivity index (χ4n) is 2.32. The Morgan fingerprint density at radius 1 is 1.29 bits per heavy atom. The second-order valence-corrected chi connectivity index (χ2v) is 6.70. The van der Waals surface area contributed by atoms with Crippen LogP contribution in [0.1, 0.15) is 24.7 Å². The lowest BCUT2D eigenvalue weighted by Gasteiger charge is -2.25. The number of aromatic nitrogens is 2. The maximum absolute atomic E-state index is 13.0. The lowest BCUT2D eigenvalue weighted by molar-refractivity contribution is 0.589. The number of sulfonamides is 1. The van der Waals surface area contributed by atoms with Crippen molar-refractivity contribution in [3.8, 4) is 0 Å². The largest absolute Gasteiger partial charge is 0.397 e. The monoisotopic (exact) mass is 308 g/mol. The zero-order valence-electron chi connectivity index (χ0n) is 12.4. The third-order valence-corrected chi connectivity index (χ3v) is 5.32. The van der Waals surface area contributed by atoms with Crippen LogP contribution < -0.4 is 10.0 Å². The van der Waals surface area contributed by atoms with Gasteiger partial charge in [-0.25, -0.2) is 8.42 Å². The summed E-state index contributed by atoms with van der Waals surface area (Å²) in [5.74, 6) is 0. The molecule has 0 radical (unpaired) electrons. The van der Waals surface area contributed by atoms with Crippen molar-refractivity contribution in [1.82, 2.24) is 10.2 Å². The summed E-state index contributed by atoms with van der Waals surface area (Å²) in [5.41, 5.74) is 7.88. The van der Waals surface area contributed by atoms with E-state index in [9.17, 15) is 8.42 Å². The summed E-state index contributed by atoms with van der Waals surface area (Å²) < 4.78 is 27.3. The minimum Gasteiger partial charge on any atom is -0.397 e. The number of nitrogens with zero attached hydrogens (tertiary/aromatic N) is 2. The van der Waals surface area contributed by atoms with Crippen LogP contribution in [0.15, 0.2) is 29.2 Å². The number of aromatic amines is 1. The van der Waals surface area contributed by atoms with E-state index < -0.39 is 10.0 Å². The van der Waals surface area contributed by atoms with Gasteiger partial charge in [0.15, 0.2) is 0 Å². The van der Waals surface area contributed by atoms with Crippen molar-refractivity contribution in [2.75, 3.05) is 16.6 Å². The van der Waals surface area contributed by atoms with Crippen LogP contribution in [0.4, 0.5) is 11.4 Å². The molecule has 2 aromatic rings. The highest BCUT2D eigenvalue weighted by atomic mass is 32.2. The molecule has 21 heavy (non-hydrogen) atoms. The standard InChI is InChI=1S/C14H20N4O2S/c1-4-9-18(13-8-6-5-7-12(13)15)21(19,20)14-10(2)16-17-11(14)3/h5-8H,4,9,15H2,1-3H3,(H,16,17). The number of anilines is 2. The zero-order chi connectivity index (χ0) is 15.6. The van der Waals surface area contributed by atoms with E-state index in [2.05, 4.69) is 10.2 Å². The van der Waals surface area contributed by atoms with Crippen LogP contribution in [-0.2, 0) is 10.0 Å². The molecule has 0 aliphatic rings. The second-order valence-electron chi connectivity index (χ2n) is 4.90. The van der Waals surface area contributed by atoms with Gasteiger partial charge in [0.2, 0.25) is 0 Å². The van der Waals surface area contributed by atoms with Crippen molar-refractivity contribution in [1.29, 1.82) is 0 Å². The number of nitrogen functional groups attached to an aromatic ring is 1. The molecule has 0 fully saturated rings. The van der Waals surface area contributed by atoms with Crippen LogP contribution in [0.25, 0.3) is 0 Å². The van der Waals surface area contributed by atoms with Crippen molar-refractivity contribution >= 4 is 21.4 Å². The van der Waals surface area contributed by atoms with E-state index in [1.165, 1.54) is 4.31 Å². The Morgan fingerprint density at radius 2 is 1.95 bits per heavy atom. The molecule has 114 valence electrons. The maximum atomic E-state index is 13.0. The Kier molecular flexibility index (Phi) is 4.22. The highest BCUT2D eigenvalue weighted by Gasteiger charge is 2.30. The van der Waals surface area contributed by atoms with E-state index in [1.54, 1.807) is 38.1 Å². The predicted octanol–water partition coefficient (Wildman–Crippen LogP) is 2.21. The van der Waals surface area contributed by atoms with Gasteiger partial charge >= 0.3 is 0 Å². The fraction of sp³-hybridized carbons (Fsp3) is 0.357. The molecule has 1 aromatic heterocycles. The number of para-hydroxylation sites is 2. The van der Waals surface area contributed by atoms with Crippen LogP contribution in [-0.4, -0.2) is 25.2 Å². The molecule has 0 atom stereocenters. The van der Waals surface area contributed by atoms with E-state index in [1.807, 2.05) is 6.92 Å². The van der Waals surface area contributed by atoms with Gasteiger partial charge in [0.25, 0.3) is 10.0 Å². The number of benzene rings is 1. The van der Waals surface area contributed by atoms with Crippen LogP contribution in [0, 0.1) is 13.8 Å². The van der Waals surface area contributed by atoms with Gasteiger partial charge in [-0.05, 0) is 32.4 Å². The van der Waals surface area contributed by atoms with Gasteiger partial charge in [-0.15, -0.1) is 0 Å². The van der Waals surface area contributed by atoms with Gasteiger partial charge in [-0.2, -0.15) is 5.10 Å². The third-order valence-electron chi connectivity index (χ3n) is 3.24. The maximum Gasteiger partial charge on any atom is 0.268 e. The van der Waals surface area contributed by atoms with E-state index in [0.29, 0.717) is 35.7 Å². The van der Waals surface area contributed by atoms with Gasteiger partial charge in [0.05, 0.1) is 22.8 Å². The molecule has 0 unspecified atom stereocenters. The summed E-state index contributed by atoms with van der Waals surface area (Å²) in [6.07, 6.45) is 0.684. The number of hydrogen-bond acceptors (Lipinski definition) is 4. The number of H-pyrrole nitrogens is 1. The number of aryl methyl sites for hydroxylation is 2. The number of rotatable bonds is 5. The fourth-order valence-corrected chi connectivity index (χ4v) is 4.24. The first kappa shape index (κ1) is 15.4. The third kappa shape index (κ3) is 2.73. The molecule has 0 spiro atoms. The Morgan fingerprint density at radius 3 is 2.48 bits per heavy atom. The molecular formula is C14H20N4O2S. The van der Waals surface area contributed by atoms with Crippen LogP contribution in [0.3, 0.4) is 0 Å². The van der Waals surface area contributed by atoms with Gasteiger partial charge in [0.1, 0.15) is 4.90 Å².